The van der Waals surface area contributed by atoms with Gasteiger partial charge in [0.25, 0.3) is 5.91 Å². The van der Waals surface area contributed by atoms with Gasteiger partial charge in [-0.15, -0.1) is 11.3 Å². The number of carbonyl (C=O) groups excluding carboxylic acids is 1. The van der Waals surface area contributed by atoms with Crippen LogP contribution in [0.1, 0.15) is 64.6 Å². The maximum absolute atomic E-state index is 13.3. The second-order valence-electron chi connectivity index (χ2n) is 6.89. The Morgan fingerprint density at radius 1 is 1.31 bits per heavy atom. The summed E-state index contributed by atoms with van der Waals surface area (Å²) in [5.74, 6) is 1.96. The summed E-state index contributed by atoms with van der Waals surface area (Å²) in [6.07, 6.45) is 1.90. The fraction of sp³-hybridized carbons (Fsp3) is 0.500. The quantitative estimate of drug-likeness (QED) is 0.769. The van der Waals surface area contributed by atoms with E-state index in [0.29, 0.717) is 5.92 Å². The van der Waals surface area contributed by atoms with Gasteiger partial charge in [-0.2, -0.15) is 0 Å². The van der Waals surface area contributed by atoms with E-state index in [0.717, 1.165) is 52.0 Å². The van der Waals surface area contributed by atoms with E-state index in [1.165, 1.54) is 11.3 Å². The molecular formula is C20H26N2O3S. The van der Waals surface area contributed by atoms with Crippen LogP contribution in [0.5, 0.6) is 11.5 Å². The number of likely N-dealkylation sites (tertiary alicyclic amines) is 1. The highest BCUT2D eigenvalue weighted by atomic mass is 32.1. The van der Waals surface area contributed by atoms with Gasteiger partial charge in [-0.05, 0) is 38.0 Å². The molecule has 0 spiro atoms. The van der Waals surface area contributed by atoms with E-state index >= 15 is 0 Å². The number of hydrogen-bond acceptors (Lipinski definition) is 5. The van der Waals surface area contributed by atoms with Crippen LogP contribution in [-0.4, -0.2) is 36.6 Å². The minimum Gasteiger partial charge on any atom is -0.497 e. The molecule has 1 aromatic heterocycles. The van der Waals surface area contributed by atoms with Gasteiger partial charge in [0, 0.05) is 18.0 Å². The van der Waals surface area contributed by atoms with Crippen LogP contribution in [0.2, 0.25) is 0 Å². The molecule has 0 N–H and O–H groups in total. The zero-order valence-corrected chi connectivity index (χ0v) is 16.9. The van der Waals surface area contributed by atoms with Crippen molar-refractivity contribution in [3.05, 3.63) is 39.3 Å². The van der Waals surface area contributed by atoms with Crippen molar-refractivity contribution < 1.29 is 14.3 Å². The first-order valence-corrected chi connectivity index (χ1v) is 9.78. The summed E-state index contributed by atoms with van der Waals surface area (Å²) in [5.41, 5.74) is 1.83. The fourth-order valence-electron chi connectivity index (χ4n) is 3.43. The number of aromatic nitrogens is 1. The van der Waals surface area contributed by atoms with E-state index in [1.54, 1.807) is 14.2 Å². The van der Waals surface area contributed by atoms with Crippen LogP contribution in [-0.2, 0) is 0 Å². The zero-order valence-electron chi connectivity index (χ0n) is 16.0. The minimum atomic E-state index is -0.00319. The standard InChI is InChI=1S/C20H26N2O3S/c1-12(2)19-21-13(3)18(26-19)20(23)22-10-6-7-16(22)15-11-14(24-4)8-9-17(15)25-5/h8-9,11-12,16H,6-7,10H2,1-5H3. The highest BCUT2D eigenvalue weighted by Gasteiger charge is 2.34. The second kappa shape index (κ2) is 7.66. The summed E-state index contributed by atoms with van der Waals surface area (Å²) in [7, 11) is 3.31. The Kier molecular flexibility index (Phi) is 5.51. The third-order valence-corrected chi connectivity index (χ3v) is 6.26. The van der Waals surface area contributed by atoms with E-state index in [-0.39, 0.29) is 11.9 Å². The van der Waals surface area contributed by atoms with Gasteiger partial charge in [0.2, 0.25) is 0 Å². The number of hydrogen-bond donors (Lipinski definition) is 0. The fourth-order valence-corrected chi connectivity index (χ4v) is 4.45. The third kappa shape index (κ3) is 3.43. The number of amides is 1. The van der Waals surface area contributed by atoms with Gasteiger partial charge < -0.3 is 14.4 Å². The van der Waals surface area contributed by atoms with Crippen molar-refractivity contribution in [2.45, 2.75) is 45.6 Å². The van der Waals surface area contributed by atoms with E-state index in [2.05, 4.69) is 18.8 Å². The van der Waals surface area contributed by atoms with Gasteiger partial charge >= 0.3 is 0 Å². The monoisotopic (exact) mass is 374 g/mol. The molecule has 0 radical (unpaired) electrons. The van der Waals surface area contributed by atoms with Crippen molar-refractivity contribution in [2.75, 3.05) is 20.8 Å². The summed E-state index contributed by atoms with van der Waals surface area (Å²) in [6.45, 7) is 6.88. The van der Waals surface area contributed by atoms with Crippen molar-refractivity contribution in [3.8, 4) is 11.5 Å². The molecule has 1 aromatic carbocycles. The average Bonchev–Trinajstić information content (AvgIpc) is 3.27. The van der Waals surface area contributed by atoms with Gasteiger partial charge in [0.15, 0.2) is 0 Å². The van der Waals surface area contributed by atoms with E-state index in [4.69, 9.17) is 9.47 Å². The molecule has 2 heterocycles. The summed E-state index contributed by atoms with van der Waals surface area (Å²) in [6, 6.07) is 5.76. The molecule has 1 amide bonds. The van der Waals surface area contributed by atoms with E-state index < -0.39 is 0 Å². The highest BCUT2D eigenvalue weighted by molar-refractivity contribution is 7.13. The lowest BCUT2D eigenvalue weighted by atomic mass is 10.0. The Labute approximate surface area is 159 Å². The van der Waals surface area contributed by atoms with Crippen LogP contribution in [0.25, 0.3) is 0 Å². The maximum Gasteiger partial charge on any atom is 0.266 e. The predicted molar refractivity (Wildman–Crippen MR) is 103 cm³/mol. The molecule has 3 rings (SSSR count). The normalized spacial score (nSPS) is 17.0. The molecule has 26 heavy (non-hydrogen) atoms. The topological polar surface area (TPSA) is 51.7 Å². The summed E-state index contributed by atoms with van der Waals surface area (Å²) >= 11 is 1.52. The number of aryl methyl sites for hydroxylation is 1. The SMILES string of the molecule is COc1ccc(OC)c(C2CCCN2C(=O)c2sc(C(C)C)nc2C)c1. The number of thiazole rings is 1. The second-order valence-corrected chi connectivity index (χ2v) is 7.92. The van der Waals surface area contributed by atoms with E-state index in [9.17, 15) is 4.79 Å². The van der Waals surface area contributed by atoms with Gasteiger partial charge in [0.1, 0.15) is 16.4 Å². The molecule has 1 aliphatic rings. The molecule has 1 unspecified atom stereocenters. The molecule has 1 saturated heterocycles. The zero-order chi connectivity index (χ0) is 18.8. The number of benzene rings is 1. The molecule has 5 nitrogen and oxygen atoms in total. The largest absolute Gasteiger partial charge is 0.497 e. The molecule has 0 saturated carbocycles. The predicted octanol–water partition coefficient (Wildman–Crippen LogP) is 4.57. The Balaban J connectivity index is 1.95. The number of carbonyl (C=O) groups is 1. The van der Waals surface area contributed by atoms with Crippen LogP contribution in [0.3, 0.4) is 0 Å². The van der Waals surface area contributed by atoms with Gasteiger partial charge in [-0.25, -0.2) is 4.98 Å². The number of ether oxygens (including phenoxy) is 2. The van der Waals surface area contributed by atoms with Crippen LogP contribution in [0.4, 0.5) is 0 Å². The lowest BCUT2D eigenvalue weighted by Crippen LogP contribution is -2.30. The molecule has 6 heteroatoms. The number of nitrogens with zero attached hydrogens (tertiary/aromatic N) is 2. The van der Waals surface area contributed by atoms with Crippen molar-refractivity contribution in [2.24, 2.45) is 0 Å². The number of rotatable bonds is 5. The molecule has 1 aliphatic heterocycles. The third-order valence-electron chi connectivity index (χ3n) is 4.81. The lowest BCUT2D eigenvalue weighted by Gasteiger charge is -2.26. The van der Waals surface area contributed by atoms with Crippen molar-refractivity contribution in [1.82, 2.24) is 9.88 Å². The molecule has 1 fully saturated rings. The first-order chi connectivity index (χ1) is 12.5. The van der Waals surface area contributed by atoms with Crippen LogP contribution >= 0.6 is 11.3 Å². The summed E-state index contributed by atoms with van der Waals surface area (Å²) < 4.78 is 10.9. The molecule has 1 atom stereocenters. The minimum absolute atomic E-state index is 0.00319. The van der Waals surface area contributed by atoms with Crippen LogP contribution in [0, 0.1) is 6.92 Å². The van der Waals surface area contributed by atoms with Crippen LogP contribution in [0.15, 0.2) is 18.2 Å². The Morgan fingerprint density at radius 3 is 2.69 bits per heavy atom. The molecular weight excluding hydrogens is 348 g/mol. The smallest absolute Gasteiger partial charge is 0.266 e. The van der Waals surface area contributed by atoms with Gasteiger partial charge in [0.05, 0.1) is 31.0 Å². The number of methoxy groups -OCH3 is 2. The molecule has 0 bridgehead atoms. The van der Waals surface area contributed by atoms with Crippen LogP contribution < -0.4 is 9.47 Å². The lowest BCUT2D eigenvalue weighted by molar-refractivity contribution is 0.0738. The molecule has 2 aromatic rings. The van der Waals surface area contributed by atoms with E-state index in [1.807, 2.05) is 30.0 Å². The average molecular weight is 375 g/mol. The van der Waals surface area contributed by atoms with Gasteiger partial charge in [-0.1, -0.05) is 13.8 Å². The summed E-state index contributed by atoms with van der Waals surface area (Å²) in [4.78, 5) is 20.6. The van der Waals surface area contributed by atoms with Crippen molar-refractivity contribution >= 4 is 17.2 Å². The van der Waals surface area contributed by atoms with Crippen molar-refractivity contribution in [1.29, 1.82) is 0 Å². The van der Waals surface area contributed by atoms with Crippen molar-refractivity contribution in [3.63, 3.8) is 0 Å². The first kappa shape index (κ1) is 18.7. The molecule has 140 valence electrons. The maximum atomic E-state index is 13.3. The van der Waals surface area contributed by atoms with Gasteiger partial charge in [-0.3, -0.25) is 4.79 Å². The summed E-state index contributed by atoms with van der Waals surface area (Å²) in [5, 5.41) is 1.01. The molecule has 0 aliphatic carbocycles. The Bertz CT molecular complexity index is 800. The Morgan fingerprint density at radius 2 is 2.08 bits per heavy atom. The first-order valence-electron chi connectivity index (χ1n) is 8.96. The Hall–Kier alpha value is -2.08. The highest BCUT2D eigenvalue weighted by Crippen LogP contribution is 2.40.